The Labute approximate surface area is 118 Å². The first-order valence-electron chi connectivity index (χ1n) is 6.12. The molecule has 20 heavy (non-hydrogen) atoms. The molecule has 0 spiro atoms. The van der Waals surface area contributed by atoms with Gasteiger partial charge in [0.25, 0.3) is 0 Å². The van der Waals surface area contributed by atoms with E-state index in [2.05, 4.69) is 9.71 Å². The van der Waals surface area contributed by atoms with E-state index in [4.69, 9.17) is 0 Å². The summed E-state index contributed by atoms with van der Waals surface area (Å²) in [6.07, 6.45) is 3.31. The van der Waals surface area contributed by atoms with Gasteiger partial charge in [-0.05, 0) is 35.7 Å². The number of benzene rings is 1. The molecule has 1 aromatic carbocycles. The molecule has 0 aliphatic rings. The molecule has 1 aromatic heterocycles. The summed E-state index contributed by atoms with van der Waals surface area (Å²) in [5, 5.41) is 9.21. The third-order valence-corrected chi connectivity index (χ3v) is 4.52. The first kappa shape index (κ1) is 14.6. The zero-order valence-electron chi connectivity index (χ0n) is 11.1. The molecule has 0 amide bonds. The highest BCUT2D eigenvalue weighted by atomic mass is 32.2. The maximum atomic E-state index is 12.3. The van der Waals surface area contributed by atoms with Crippen molar-refractivity contribution in [2.45, 2.75) is 25.0 Å². The van der Waals surface area contributed by atoms with Gasteiger partial charge in [0.05, 0.1) is 11.5 Å². The Morgan fingerprint density at radius 2 is 1.95 bits per heavy atom. The molecule has 0 atom stereocenters. The summed E-state index contributed by atoms with van der Waals surface area (Å²) < 4.78 is 27.1. The molecular formula is C14H16N2O3S. The lowest BCUT2D eigenvalue weighted by atomic mass is 10.2. The maximum Gasteiger partial charge on any atom is 0.241 e. The molecule has 0 saturated heterocycles. The van der Waals surface area contributed by atoms with E-state index < -0.39 is 10.0 Å². The Hall–Kier alpha value is -1.76. The molecule has 0 bridgehead atoms. The number of nitrogens with zero attached hydrogens (tertiary/aromatic N) is 1. The number of nitrogens with one attached hydrogen (secondary N) is 1. The monoisotopic (exact) mass is 292 g/mol. The Balaban J connectivity index is 2.22. The average molecular weight is 292 g/mol. The van der Waals surface area contributed by atoms with Crippen LogP contribution >= 0.6 is 0 Å². The third kappa shape index (κ3) is 3.22. The summed E-state index contributed by atoms with van der Waals surface area (Å²) in [5.74, 6) is 0. The van der Waals surface area contributed by atoms with Crippen LogP contribution in [-0.2, 0) is 23.2 Å². The van der Waals surface area contributed by atoms with Gasteiger partial charge in [0.1, 0.15) is 0 Å². The molecule has 0 fully saturated rings. The number of aliphatic hydroxyl groups excluding tert-OH is 1. The van der Waals surface area contributed by atoms with Crippen LogP contribution in [0.1, 0.15) is 16.7 Å². The number of aliphatic hydroxyl groups is 1. The largest absolute Gasteiger partial charge is 0.392 e. The van der Waals surface area contributed by atoms with E-state index in [0.717, 1.165) is 11.1 Å². The molecule has 0 radical (unpaired) electrons. The fourth-order valence-corrected chi connectivity index (χ4v) is 3.08. The SMILES string of the molecule is Cc1cnccc1CNS(=O)(=O)c1ccccc1CO. The van der Waals surface area contributed by atoms with Crippen molar-refractivity contribution < 1.29 is 13.5 Å². The summed E-state index contributed by atoms with van der Waals surface area (Å²) in [6, 6.07) is 8.17. The van der Waals surface area contributed by atoms with Crippen molar-refractivity contribution in [1.82, 2.24) is 9.71 Å². The van der Waals surface area contributed by atoms with Crippen molar-refractivity contribution in [1.29, 1.82) is 0 Å². The lowest BCUT2D eigenvalue weighted by molar-refractivity contribution is 0.278. The van der Waals surface area contributed by atoms with Gasteiger partial charge >= 0.3 is 0 Å². The van der Waals surface area contributed by atoms with E-state index >= 15 is 0 Å². The number of sulfonamides is 1. The van der Waals surface area contributed by atoms with Gasteiger partial charge < -0.3 is 5.11 Å². The van der Waals surface area contributed by atoms with Crippen LogP contribution in [0.4, 0.5) is 0 Å². The van der Waals surface area contributed by atoms with Gasteiger partial charge in [-0.25, -0.2) is 13.1 Å². The second kappa shape index (κ2) is 6.13. The van der Waals surface area contributed by atoms with Crippen LogP contribution in [0.15, 0.2) is 47.6 Å². The van der Waals surface area contributed by atoms with Crippen LogP contribution in [0.3, 0.4) is 0 Å². The molecule has 2 rings (SSSR count). The van der Waals surface area contributed by atoms with Gasteiger partial charge in [-0.2, -0.15) is 0 Å². The van der Waals surface area contributed by atoms with Crippen LogP contribution in [0.5, 0.6) is 0 Å². The molecule has 2 N–H and O–H groups in total. The highest BCUT2D eigenvalue weighted by molar-refractivity contribution is 7.89. The van der Waals surface area contributed by atoms with E-state index in [1.54, 1.807) is 36.7 Å². The topological polar surface area (TPSA) is 79.3 Å². The van der Waals surface area contributed by atoms with Crippen molar-refractivity contribution in [3.63, 3.8) is 0 Å². The number of aromatic nitrogens is 1. The molecule has 106 valence electrons. The standard InChI is InChI=1S/C14H16N2O3S/c1-11-8-15-7-6-12(11)9-16-20(18,19)14-5-3-2-4-13(14)10-17/h2-8,16-17H,9-10H2,1H3. The predicted octanol–water partition coefficient (Wildman–Crippen LogP) is 1.36. The Morgan fingerprint density at radius 1 is 1.20 bits per heavy atom. The van der Waals surface area contributed by atoms with Gasteiger partial charge in [0.2, 0.25) is 10.0 Å². The number of rotatable bonds is 5. The van der Waals surface area contributed by atoms with Crippen LogP contribution in [0.25, 0.3) is 0 Å². The molecule has 0 aliphatic carbocycles. The number of pyridine rings is 1. The maximum absolute atomic E-state index is 12.3. The van der Waals surface area contributed by atoms with Crippen LogP contribution in [-0.4, -0.2) is 18.5 Å². The lowest BCUT2D eigenvalue weighted by Crippen LogP contribution is -2.24. The van der Waals surface area contributed by atoms with E-state index in [9.17, 15) is 13.5 Å². The molecule has 0 unspecified atom stereocenters. The van der Waals surface area contributed by atoms with E-state index in [-0.39, 0.29) is 18.0 Å². The Bertz CT molecular complexity index is 699. The quantitative estimate of drug-likeness (QED) is 0.872. The summed E-state index contributed by atoms with van der Waals surface area (Å²) in [5.41, 5.74) is 2.17. The van der Waals surface area contributed by atoms with Gasteiger partial charge in [0, 0.05) is 18.9 Å². The second-order valence-electron chi connectivity index (χ2n) is 4.39. The number of aryl methyl sites for hydroxylation is 1. The van der Waals surface area contributed by atoms with Gasteiger partial charge in [-0.3, -0.25) is 4.98 Å². The first-order chi connectivity index (χ1) is 9.54. The molecule has 6 heteroatoms. The molecule has 0 saturated carbocycles. The first-order valence-corrected chi connectivity index (χ1v) is 7.61. The fourth-order valence-electron chi connectivity index (χ4n) is 1.85. The molecule has 2 aromatic rings. The van der Waals surface area contributed by atoms with Crippen LogP contribution in [0.2, 0.25) is 0 Å². The summed E-state index contributed by atoms with van der Waals surface area (Å²) >= 11 is 0. The second-order valence-corrected chi connectivity index (χ2v) is 6.13. The minimum atomic E-state index is -3.65. The molecular weight excluding hydrogens is 276 g/mol. The number of hydrogen-bond donors (Lipinski definition) is 2. The number of hydrogen-bond acceptors (Lipinski definition) is 4. The van der Waals surface area contributed by atoms with Gasteiger partial charge in [-0.15, -0.1) is 0 Å². The highest BCUT2D eigenvalue weighted by Crippen LogP contribution is 2.16. The Morgan fingerprint density at radius 3 is 2.65 bits per heavy atom. The summed E-state index contributed by atoms with van der Waals surface area (Å²) in [4.78, 5) is 4.07. The summed E-state index contributed by atoms with van der Waals surface area (Å²) in [6.45, 7) is 1.75. The zero-order chi connectivity index (χ0) is 14.6. The zero-order valence-corrected chi connectivity index (χ0v) is 11.9. The van der Waals surface area contributed by atoms with Crippen molar-refractivity contribution in [2.75, 3.05) is 0 Å². The van der Waals surface area contributed by atoms with Crippen LogP contribution < -0.4 is 4.72 Å². The average Bonchev–Trinajstić information content (AvgIpc) is 2.46. The molecule has 0 aliphatic heterocycles. The molecule has 1 heterocycles. The predicted molar refractivity (Wildman–Crippen MR) is 75.4 cm³/mol. The van der Waals surface area contributed by atoms with E-state index in [1.807, 2.05) is 6.92 Å². The van der Waals surface area contributed by atoms with Crippen molar-refractivity contribution in [3.05, 3.63) is 59.4 Å². The van der Waals surface area contributed by atoms with Gasteiger partial charge in [-0.1, -0.05) is 18.2 Å². The smallest absolute Gasteiger partial charge is 0.241 e. The fraction of sp³-hybridized carbons (Fsp3) is 0.214. The van der Waals surface area contributed by atoms with E-state index in [0.29, 0.717) is 5.56 Å². The minimum Gasteiger partial charge on any atom is -0.392 e. The summed E-state index contributed by atoms with van der Waals surface area (Å²) in [7, 11) is -3.65. The highest BCUT2D eigenvalue weighted by Gasteiger charge is 2.17. The van der Waals surface area contributed by atoms with Crippen molar-refractivity contribution in [2.24, 2.45) is 0 Å². The lowest BCUT2D eigenvalue weighted by Gasteiger charge is -2.11. The van der Waals surface area contributed by atoms with Crippen molar-refractivity contribution >= 4 is 10.0 Å². The third-order valence-electron chi connectivity index (χ3n) is 3.02. The van der Waals surface area contributed by atoms with E-state index in [1.165, 1.54) is 6.07 Å². The minimum absolute atomic E-state index is 0.106. The molecule has 5 nitrogen and oxygen atoms in total. The van der Waals surface area contributed by atoms with Crippen molar-refractivity contribution in [3.8, 4) is 0 Å². The van der Waals surface area contributed by atoms with Gasteiger partial charge in [0.15, 0.2) is 0 Å². The Kier molecular flexibility index (Phi) is 4.49. The normalized spacial score (nSPS) is 11.5. The van der Waals surface area contributed by atoms with Crippen LogP contribution in [0, 0.1) is 6.92 Å².